The lowest BCUT2D eigenvalue weighted by Crippen LogP contribution is -2.45. The van der Waals surface area contributed by atoms with E-state index in [2.05, 4.69) is 5.32 Å². The molecule has 0 aromatic carbocycles. The van der Waals surface area contributed by atoms with Gasteiger partial charge in [0.15, 0.2) is 5.57 Å². The summed E-state index contributed by atoms with van der Waals surface area (Å²) in [5.74, 6) is -5.10. The first-order chi connectivity index (χ1) is 13.4. The van der Waals surface area contributed by atoms with Gasteiger partial charge >= 0.3 is 24.0 Å². The summed E-state index contributed by atoms with van der Waals surface area (Å²) in [5, 5.41) is 13.0. The third kappa shape index (κ3) is 8.30. The molecule has 0 aliphatic carbocycles. The lowest BCUT2D eigenvalue weighted by molar-refractivity contribution is -0.222. The number of hydrogen-bond donors (Lipinski definition) is 2. The molecule has 0 spiro atoms. The van der Waals surface area contributed by atoms with Gasteiger partial charge in [0.2, 0.25) is 0 Å². The van der Waals surface area contributed by atoms with E-state index in [1.54, 1.807) is 41.5 Å². The fourth-order valence-corrected chi connectivity index (χ4v) is 2.42. The lowest BCUT2D eigenvalue weighted by Gasteiger charge is -2.31. The molecule has 1 atom stereocenters. The van der Waals surface area contributed by atoms with Gasteiger partial charge in [-0.2, -0.15) is 0 Å². The van der Waals surface area contributed by atoms with Crippen LogP contribution in [0.1, 0.15) is 68.2 Å². The molecule has 10 nitrogen and oxygen atoms in total. The highest BCUT2D eigenvalue weighted by Crippen LogP contribution is 2.26. The van der Waals surface area contributed by atoms with Crippen LogP contribution in [0.5, 0.6) is 0 Å². The average molecular weight is 429 g/mol. The average Bonchev–Trinajstić information content (AvgIpc) is 2.45. The van der Waals surface area contributed by atoms with Crippen LogP contribution in [0.25, 0.3) is 0 Å². The summed E-state index contributed by atoms with van der Waals surface area (Å²) in [7, 11) is 0. The van der Waals surface area contributed by atoms with Gasteiger partial charge in [-0.25, -0.2) is 14.4 Å². The van der Waals surface area contributed by atoms with Gasteiger partial charge in [-0.15, -0.1) is 0 Å². The molecule has 170 valence electrons. The van der Waals surface area contributed by atoms with Gasteiger partial charge in [-0.05, 0) is 48.0 Å². The van der Waals surface area contributed by atoms with Crippen molar-refractivity contribution in [1.29, 1.82) is 0 Å². The molecule has 1 unspecified atom stereocenters. The Hall–Kier alpha value is -2.78. The minimum absolute atomic E-state index is 0.173. The van der Waals surface area contributed by atoms with Crippen molar-refractivity contribution in [2.24, 2.45) is 0 Å². The molecule has 1 heterocycles. The van der Waals surface area contributed by atoms with Crippen LogP contribution in [0.2, 0.25) is 0 Å². The molecular formula is C20H31NO9. The predicted molar refractivity (Wildman–Crippen MR) is 104 cm³/mol. The van der Waals surface area contributed by atoms with E-state index in [0.717, 1.165) is 0 Å². The van der Waals surface area contributed by atoms with Crippen molar-refractivity contribution in [3.63, 3.8) is 0 Å². The van der Waals surface area contributed by atoms with Gasteiger partial charge in [0.25, 0.3) is 5.79 Å². The van der Waals surface area contributed by atoms with Crippen molar-refractivity contribution in [1.82, 2.24) is 5.32 Å². The Morgan fingerprint density at radius 2 is 1.47 bits per heavy atom. The quantitative estimate of drug-likeness (QED) is 0.222. The lowest BCUT2D eigenvalue weighted by atomic mass is 10.0. The number of alkyl carbamates (subject to hydrolysis) is 1. The van der Waals surface area contributed by atoms with Crippen LogP contribution in [0, 0.1) is 0 Å². The van der Waals surface area contributed by atoms with Crippen LogP contribution in [-0.2, 0) is 33.3 Å². The molecule has 1 aliphatic heterocycles. The van der Waals surface area contributed by atoms with E-state index in [4.69, 9.17) is 18.9 Å². The second-order valence-corrected chi connectivity index (χ2v) is 9.26. The SMILES string of the molecule is CC(C)(C)OC(=O)CCC(NC(=O)OC(C)(C)C)C(O)=C1C(=O)OC(C)(C)OC1=O. The number of ether oxygens (including phenoxy) is 4. The van der Waals surface area contributed by atoms with Gasteiger partial charge in [-0.1, -0.05) is 0 Å². The summed E-state index contributed by atoms with van der Waals surface area (Å²) < 4.78 is 20.3. The third-order valence-electron chi connectivity index (χ3n) is 3.42. The summed E-state index contributed by atoms with van der Waals surface area (Å²) in [6.07, 6.45) is -1.31. The molecule has 2 N–H and O–H groups in total. The second-order valence-electron chi connectivity index (χ2n) is 9.26. The Morgan fingerprint density at radius 3 is 1.90 bits per heavy atom. The Labute approximate surface area is 175 Å². The normalized spacial score (nSPS) is 17.4. The highest BCUT2D eigenvalue weighted by molar-refractivity contribution is 6.15. The number of aliphatic hydroxyl groups is 1. The van der Waals surface area contributed by atoms with Crippen LogP contribution >= 0.6 is 0 Å². The Balaban J connectivity index is 3.12. The maximum atomic E-state index is 12.2. The fraction of sp³-hybridized carbons (Fsp3) is 0.700. The number of rotatable bonds is 5. The van der Waals surface area contributed by atoms with Crippen LogP contribution in [0.3, 0.4) is 0 Å². The highest BCUT2D eigenvalue weighted by Gasteiger charge is 2.42. The molecule has 0 aromatic rings. The fourth-order valence-electron chi connectivity index (χ4n) is 2.42. The number of hydrogen-bond acceptors (Lipinski definition) is 9. The van der Waals surface area contributed by atoms with Gasteiger partial charge in [-0.3, -0.25) is 4.79 Å². The zero-order valence-corrected chi connectivity index (χ0v) is 18.7. The summed E-state index contributed by atoms with van der Waals surface area (Å²) in [6.45, 7) is 12.7. The summed E-state index contributed by atoms with van der Waals surface area (Å²) in [6, 6.07) is -1.30. The number of nitrogens with one attached hydrogen (secondary N) is 1. The Kier molecular flexibility index (Phi) is 7.52. The first-order valence-corrected chi connectivity index (χ1v) is 9.51. The molecule has 1 amide bonds. The zero-order chi connectivity index (χ0) is 23.5. The zero-order valence-electron chi connectivity index (χ0n) is 18.7. The molecule has 0 aromatic heterocycles. The monoisotopic (exact) mass is 429 g/mol. The largest absolute Gasteiger partial charge is 0.509 e. The first kappa shape index (κ1) is 25.3. The molecule has 30 heavy (non-hydrogen) atoms. The maximum absolute atomic E-state index is 12.2. The summed E-state index contributed by atoms with van der Waals surface area (Å²) >= 11 is 0. The highest BCUT2D eigenvalue weighted by atomic mass is 16.7. The third-order valence-corrected chi connectivity index (χ3v) is 3.42. The summed E-state index contributed by atoms with van der Waals surface area (Å²) in [4.78, 5) is 48.7. The van der Waals surface area contributed by atoms with Gasteiger partial charge in [0, 0.05) is 20.3 Å². The molecule has 0 bridgehead atoms. The number of carbonyl (C=O) groups is 4. The molecule has 1 rings (SSSR count). The van der Waals surface area contributed by atoms with E-state index in [1.165, 1.54) is 13.8 Å². The van der Waals surface area contributed by atoms with Gasteiger partial charge < -0.3 is 29.4 Å². The predicted octanol–water partition coefficient (Wildman–Crippen LogP) is 2.65. The van der Waals surface area contributed by atoms with Crippen LogP contribution in [0.15, 0.2) is 11.3 Å². The number of esters is 3. The molecule has 0 radical (unpaired) electrons. The molecule has 0 saturated carbocycles. The number of carbonyl (C=O) groups excluding carboxylic acids is 4. The smallest absolute Gasteiger partial charge is 0.408 e. The standard InChI is InChI=1S/C20H31NO9/c1-18(2,3)27-12(22)10-9-11(21-17(26)30-19(4,5)6)14(23)13-15(24)28-20(7,8)29-16(13)25/h11,23H,9-10H2,1-8H3,(H,21,26). The van der Waals surface area contributed by atoms with Gasteiger partial charge in [0.05, 0.1) is 6.04 Å². The Bertz CT molecular complexity index is 716. The van der Waals surface area contributed by atoms with E-state index < -0.39 is 58.4 Å². The number of cyclic esters (lactones) is 2. The second kappa shape index (κ2) is 8.93. The first-order valence-electron chi connectivity index (χ1n) is 9.51. The van der Waals surface area contributed by atoms with Crippen molar-refractivity contribution in [3.05, 3.63) is 11.3 Å². The van der Waals surface area contributed by atoms with Crippen molar-refractivity contribution < 1.29 is 43.2 Å². The number of amides is 1. The summed E-state index contributed by atoms with van der Waals surface area (Å²) in [5.41, 5.74) is -2.33. The van der Waals surface area contributed by atoms with E-state index in [-0.39, 0.29) is 12.8 Å². The van der Waals surface area contributed by atoms with E-state index in [0.29, 0.717) is 0 Å². The topological polar surface area (TPSA) is 137 Å². The van der Waals surface area contributed by atoms with Crippen molar-refractivity contribution in [2.45, 2.75) is 91.3 Å². The minimum Gasteiger partial charge on any atom is -0.509 e. The van der Waals surface area contributed by atoms with E-state index >= 15 is 0 Å². The molecule has 1 aliphatic rings. The van der Waals surface area contributed by atoms with Gasteiger partial charge in [0.1, 0.15) is 17.0 Å². The molecule has 1 fully saturated rings. The molecular weight excluding hydrogens is 398 g/mol. The van der Waals surface area contributed by atoms with Crippen molar-refractivity contribution >= 4 is 24.0 Å². The Morgan fingerprint density at radius 1 is 1.00 bits per heavy atom. The maximum Gasteiger partial charge on any atom is 0.408 e. The number of aliphatic hydroxyl groups excluding tert-OH is 1. The minimum atomic E-state index is -1.50. The molecule has 10 heteroatoms. The molecule has 1 saturated heterocycles. The van der Waals surface area contributed by atoms with Crippen molar-refractivity contribution in [2.75, 3.05) is 0 Å². The van der Waals surface area contributed by atoms with Crippen LogP contribution in [0.4, 0.5) is 4.79 Å². The van der Waals surface area contributed by atoms with E-state index in [9.17, 15) is 24.3 Å². The van der Waals surface area contributed by atoms with E-state index in [1.807, 2.05) is 0 Å². The van der Waals surface area contributed by atoms with Crippen LogP contribution in [-0.4, -0.2) is 52.1 Å². The van der Waals surface area contributed by atoms with Crippen LogP contribution < -0.4 is 5.32 Å². The van der Waals surface area contributed by atoms with Crippen molar-refractivity contribution in [3.8, 4) is 0 Å².